The molecule has 0 bridgehead atoms. The van der Waals surface area contributed by atoms with Crippen molar-refractivity contribution in [3.05, 3.63) is 29.8 Å². The molecule has 2 rings (SSSR count). The van der Waals surface area contributed by atoms with Crippen molar-refractivity contribution in [2.75, 3.05) is 11.9 Å². The molecule has 0 radical (unpaired) electrons. The molecule has 114 valence electrons. The zero-order valence-electron chi connectivity index (χ0n) is 12.8. The molecule has 0 aliphatic heterocycles. The molecular formula is C17H24N2O2. The summed E-state index contributed by atoms with van der Waals surface area (Å²) in [6.45, 7) is 4.00. The van der Waals surface area contributed by atoms with Crippen molar-refractivity contribution in [1.29, 1.82) is 0 Å². The number of carbonyl (C=O) groups excluding carboxylic acids is 2. The molecule has 0 aromatic heterocycles. The molecule has 21 heavy (non-hydrogen) atoms. The molecule has 2 N–H and O–H groups in total. The third kappa shape index (κ3) is 4.59. The summed E-state index contributed by atoms with van der Waals surface area (Å²) in [5.74, 6) is 0.770. The van der Waals surface area contributed by atoms with Gasteiger partial charge >= 0.3 is 0 Å². The average Bonchev–Trinajstić information content (AvgIpc) is 2.48. The van der Waals surface area contributed by atoms with Crippen LogP contribution in [-0.4, -0.2) is 24.3 Å². The lowest BCUT2D eigenvalue weighted by Crippen LogP contribution is -2.40. The van der Waals surface area contributed by atoms with E-state index in [4.69, 9.17) is 0 Å². The second kappa shape index (κ2) is 7.25. The van der Waals surface area contributed by atoms with Gasteiger partial charge in [0.05, 0.1) is 6.54 Å². The second-order valence-electron chi connectivity index (χ2n) is 5.98. The number of Topliss-reactive ketones (excluding diaryl/α,β-unsaturated/α-hetero) is 1. The number of nitrogens with one attached hydrogen (secondary N) is 2. The van der Waals surface area contributed by atoms with Crippen LogP contribution in [0.15, 0.2) is 24.3 Å². The van der Waals surface area contributed by atoms with Crippen LogP contribution in [-0.2, 0) is 4.79 Å². The summed E-state index contributed by atoms with van der Waals surface area (Å²) in [7, 11) is 0. The van der Waals surface area contributed by atoms with Crippen molar-refractivity contribution < 1.29 is 9.59 Å². The number of anilines is 1. The Hall–Kier alpha value is -1.84. The van der Waals surface area contributed by atoms with Crippen molar-refractivity contribution in [2.45, 2.75) is 45.6 Å². The second-order valence-corrected chi connectivity index (χ2v) is 5.98. The van der Waals surface area contributed by atoms with Gasteiger partial charge in [-0.1, -0.05) is 19.1 Å². The summed E-state index contributed by atoms with van der Waals surface area (Å²) in [4.78, 5) is 23.5. The molecule has 1 aromatic carbocycles. The van der Waals surface area contributed by atoms with Gasteiger partial charge in [-0.2, -0.15) is 0 Å². The minimum absolute atomic E-state index is 0.000207. The van der Waals surface area contributed by atoms with Crippen LogP contribution < -0.4 is 10.6 Å². The molecule has 1 aliphatic carbocycles. The maximum Gasteiger partial charge on any atom is 0.239 e. The van der Waals surface area contributed by atoms with Crippen LogP contribution in [0.1, 0.15) is 49.9 Å². The monoisotopic (exact) mass is 288 g/mol. The van der Waals surface area contributed by atoms with Crippen molar-refractivity contribution in [3.8, 4) is 0 Å². The molecule has 1 aromatic rings. The third-order valence-corrected chi connectivity index (χ3v) is 4.13. The Morgan fingerprint density at radius 2 is 1.81 bits per heavy atom. The van der Waals surface area contributed by atoms with E-state index in [1.54, 1.807) is 6.07 Å². The number of amides is 1. The van der Waals surface area contributed by atoms with Gasteiger partial charge in [-0.15, -0.1) is 0 Å². The Kier molecular flexibility index (Phi) is 5.37. The van der Waals surface area contributed by atoms with E-state index in [9.17, 15) is 9.59 Å². The van der Waals surface area contributed by atoms with Gasteiger partial charge in [-0.25, -0.2) is 0 Å². The molecule has 1 amide bonds. The van der Waals surface area contributed by atoms with Gasteiger partial charge in [0.25, 0.3) is 0 Å². The first-order chi connectivity index (χ1) is 10.1. The smallest absolute Gasteiger partial charge is 0.239 e. The van der Waals surface area contributed by atoms with Gasteiger partial charge < -0.3 is 10.6 Å². The topological polar surface area (TPSA) is 58.2 Å². The van der Waals surface area contributed by atoms with Gasteiger partial charge in [-0.3, -0.25) is 9.59 Å². The summed E-state index contributed by atoms with van der Waals surface area (Å²) < 4.78 is 0. The van der Waals surface area contributed by atoms with Gasteiger partial charge in [0, 0.05) is 17.3 Å². The van der Waals surface area contributed by atoms with E-state index >= 15 is 0 Å². The fourth-order valence-electron chi connectivity index (χ4n) is 2.80. The Morgan fingerprint density at radius 1 is 1.14 bits per heavy atom. The van der Waals surface area contributed by atoms with E-state index in [1.165, 1.54) is 19.8 Å². The standard InChI is InChI=1S/C17H24N2O2/c1-12-7-9-14(10-8-12)19-17(21)11-18-16-6-4-3-5-15(16)13(2)20/h3-6,12,14,18H,7-11H2,1-2H3,(H,19,21). The van der Waals surface area contributed by atoms with Crippen LogP contribution in [0.5, 0.6) is 0 Å². The average molecular weight is 288 g/mol. The number of hydrogen-bond donors (Lipinski definition) is 2. The summed E-state index contributed by atoms with van der Waals surface area (Å²) in [5, 5.41) is 6.13. The largest absolute Gasteiger partial charge is 0.376 e. The van der Waals surface area contributed by atoms with Gasteiger partial charge in [-0.05, 0) is 50.7 Å². The lowest BCUT2D eigenvalue weighted by molar-refractivity contribution is -0.120. The molecule has 0 atom stereocenters. The zero-order valence-corrected chi connectivity index (χ0v) is 12.8. The quantitative estimate of drug-likeness (QED) is 0.819. The Balaban J connectivity index is 1.83. The highest BCUT2D eigenvalue weighted by molar-refractivity contribution is 6.00. The highest BCUT2D eigenvalue weighted by atomic mass is 16.2. The van der Waals surface area contributed by atoms with Crippen LogP contribution in [0, 0.1) is 5.92 Å². The van der Waals surface area contributed by atoms with E-state index in [1.807, 2.05) is 18.2 Å². The maximum absolute atomic E-state index is 12.0. The predicted octanol–water partition coefficient (Wildman–Crippen LogP) is 3.00. The molecule has 0 unspecified atom stereocenters. The van der Waals surface area contributed by atoms with Gasteiger partial charge in [0.1, 0.15) is 0 Å². The summed E-state index contributed by atoms with van der Waals surface area (Å²) in [6.07, 6.45) is 4.50. The van der Waals surface area contributed by atoms with E-state index < -0.39 is 0 Å². The first-order valence-electron chi connectivity index (χ1n) is 7.69. The van der Waals surface area contributed by atoms with E-state index in [-0.39, 0.29) is 18.2 Å². The molecule has 0 saturated heterocycles. The fraction of sp³-hybridized carbons (Fsp3) is 0.529. The third-order valence-electron chi connectivity index (χ3n) is 4.13. The lowest BCUT2D eigenvalue weighted by atomic mass is 9.87. The van der Waals surface area contributed by atoms with Gasteiger partial charge in [0.15, 0.2) is 5.78 Å². The molecule has 1 saturated carbocycles. The van der Waals surface area contributed by atoms with Crippen LogP contribution in [0.2, 0.25) is 0 Å². The van der Waals surface area contributed by atoms with E-state index in [0.29, 0.717) is 11.6 Å². The van der Waals surface area contributed by atoms with Crippen LogP contribution in [0.25, 0.3) is 0 Å². The first kappa shape index (κ1) is 15.5. The highest BCUT2D eigenvalue weighted by Crippen LogP contribution is 2.23. The van der Waals surface area contributed by atoms with Crippen molar-refractivity contribution in [3.63, 3.8) is 0 Å². The Bertz CT molecular complexity index is 505. The lowest BCUT2D eigenvalue weighted by Gasteiger charge is -2.27. The number of carbonyl (C=O) groups is 2. The van der Waals surface area contributed by atoms with Gasteiger partial charge in [0.2, 0.25) is 5.91 Å². The number of para-hydroxylation sites is 1. The predicted molar refractivity (Wildman–Crippen MR) is 84.5 cm³/mol. The van der Waals surface area contributed by atoms with Crippen LogP contribution in [0.4, 0.5) is 5.69 Å². The summed E-state index contributed by atoms with van der Waals surface area (Å²) in [5.41, 5.74) is 1.34. The number of hydrogen-bond acceptors (Lipinski definition) is 3. The summed E-state index contributed by atoms with van der Waals surface area (Å²) >= 11 is 0. The Labute approximate surface area is 126 Å². The van der Waals surface area contributed by atoms with Crippen molar-refractivity contribution in [1.82, 2.24) is 5.32 Å². The molecule has 4 heteroatoms. The van der Waals surface area contributed by atoms with E-state index in [0.717, 1.165) is 24.4 Å². The maximum atomic E-state index is 12.0. The zero-order chi connectivity index (χ0) is 15.2. The van der Waals surface area contributed by atoms with Crippen LogP contribution >= 0.6 is 0 Å². The molecule has 4 nitrogen and oxygen atoms in total. The van der Waals surface area contributed by atoms with E-state index in [2.05, 4.69) is 17.6 Å². The van der Waals surface area contributed by atoms with Crippen molar-refractivity contribution in [2.24, 2.45) is 5.92 Å². The van der Waals surface area contributed by atoms with Crippen molar-refractivity contribution >= 4 is 17.4 Å². The minimum atomic E-state index is -0.00657. The molecule has 1 aliphatic rings. The molecule has 0 heterocycles. The molecule has 0 spiro atoms. The first-order valence-corrected chi connectivity index (χ1v) is 7.69. The highest BCUT2D eigenvalue weighted by Gasteiger charge is 2.19. The normalized spacial score (nSPS) is 21.6. The van der Waals surface area contributed by atoms with Crippen LogP contribution in [0.3, 0.4) is 0 Å². The molecular weight excluding hydrogens is 264 g/mol. The SMILES string of the molecule is CC(=O)c1ccccc1NCC(=O)NC1CCC(C)CC1. The molecule has 1 fully saturated rings. The number of benzene rings is 1. The minimum Gasteiger partial charge on any atom is -0.376 e. The Morgan fingerprint density at radius 3 is 2.48 bits per heavy atom. The number of ketones is 1. The summed E-state index contributed by atoms with van der Waals surface area (Å²) in [6, 6.07) is 7.58. The fourth-order valence-corrected chi connectivity index (χ4v) is 2.80. The number of rotatable bonds is 5.